The summed E-state index contributed by atoms with van der Waals surface area (Å²) in [5.41, 5.74) is 6.75. The van der Waals surface area contributed by atoms with Crippen LogP contribution >= 0.6 is 24.0 Å². The summed E-state index contributed by atoms with van der Waals surface area (Å²) in [6.45, 7) is 2.02. The summed E-state index contributed by atoms with van der Waals surface area (Å²) in [5, 5.41) is 10.5. The van der Waals surface area contributed by atoms with Gasteiger partial charge in [-0.2, -0.15) is 0 Å². The van der Waals surface area contributed by atoms with Crippen LogP contribution < -0.4 is 5.43 Å². The van der Waals surface area contributed by atoms with Gasteiger partial charge in [0.15, 0.2) is 4.32 Å². The number of nitrogens with one attached hydrogen (secondary N) is 1. The Hall–Kier alpha value is -3.49. The Bertz CT molecular complexity index is 1240. The number of aryl methyl sites for hydroxylation is 1. The van der Waals surface area contributed by atoms with Crippen molar-refractivity contribution in [3.05, 3.63) is 88.5 Å². The fraction of sp³-hybridized carbons (Fsp3) is 0.0435. The number of hydrogen-bond donors (Lipinski definition) is 2. The molecule has 1 aliphatic rings. The van der Waals surface area contributed by atoms with E-state index in [2.05, 4.69) is 10.4 Å². The van der Waals surface area contributed by atoms with Crippen molar-refractivity contribution < 1.29 is 14.7 Å². The van der Waals surface area contributed by atoms with Crippen molar-refractivity contribution >= 4 is 51.9 Å². The van der Waals surface area contributed by atoms with Crippen LogP contribution in [0.1, 0.15) is 21.6 Å². The third-order valence-corrected chi connectivity index (χ3v) is 5.96. The van der Waals surface area contributed by atoms with E-state index < -0.39 is 5.97 Å². The Morgan fingerprint density at radius 2 is 1.84 bits per heavy atom. The van der Waals surface area contributed by atoms with Gasteiger partial charge in [0, 0.05) is 5.56 Å². The van der Waals surface area contributed by atoms with Crippen LogP contribution in [0.15, 0.2) is 71.6 Å². The van der Waals surface area contributed by atoms with Crippen LogP contribution in [0.5, 0.6) is 0 Å². The lowest BCUT2D eigenvalue weighted by molar-refractivity contribution is -0.121. The molecule has 0 spiro atoms. The molecule has 2 heterocycles. The molecule has 1 aliphatic heterocycles. The van der Waals surface area contributed by atoms with Crippen LogP contribution in [-0.4, -0.2) is 31.3 Å². The van der Waals surface area contributed by atoms with Crippen molar-refractivity contribution in [2.45, 2.75) is 6.92 Å². The number of pyridine rings is 1. The number of anilines is 1. The Kier molecular flexibility index (Phi) is 5.83. The zero-order valence-electron chi connectivity index (χ0n) is 16.4. The number of carbonyl (C=O) groups excluding carboxylic acids is 1. The number of benzene rings is 2. The summed E-state index contributed by atoms with van der Waals surface area (Å²) < 4.78 is 0.284. The van der Waals surface area contributed by atoms with E-state index in [0.29, 0.717) is 10.6 Å². The zero-order chi connectivity index (χ0) is 22.0. The van der Waals surface area contributed by atoms with Gasteiger partial charge >= 0.3 is 5.97 Å². The number of carboxylic acid groups (broad SMARTS) is 1. The van der Waals surface area contributed by atoms with E-state index in [4.69, 9.17) is 12.2 Å². The molecule has 0 bridgehead atoms. The van der Waals surface area contributed by atoms with Crippen molar-refractivity contribution in [3.63, 3.8) is 0 Å². The first-order chi connectivity index (χ1) is 14.9. The maximum atomic E-state index is 12.9. The van der Waals surface area contributed by atoms with Gasteiger partial charge in [0.05, 0.1) is 27.5 Å². The lowest BCUT2D eigenvalue weighted by atomic mass is 10.1. The minimum Gasteiger partial charge on any atom is -0.478 e. The molecule has 1 fully saturated rings. The molecule has 2 aromatic carbocycles. The molecule has 0 aliphatic carbocycles. The number of rotatable bonds is 5. The van der Waals surface area contributed by atoms with Crippen molar-refractivity contribution in [1.82, 2.24) is 9.99 Å². The number of hydrazine groups is 1. The van der Waals surface area contributed by atoms with Gasteiger partial charge in [-0.1, -0.05) is 54.2 Å². The predicted octanol–water partition coefficient (Wildman–Crippen LogP) is 4.98. The maximum absolute atomic E-state index is 12.9. The third-order valence-electron chi connectivity index (χ3n) is 4.65. The number of aromatic carboxylic acids is 1. The van der Waals surface area contributed by atoms with E-state index >= 15 is 0 Å². The van der Waals surface area contributed by atoms with Gasteiger partial charge in [-0.25, -0.2) is 14.8 Å². The largest absolute Gasteiger partial charge is 0.478 e. The topological polar surface area (TPSA) is 82.5 Å². The summed E-state index contributed by atoms with van der Waals surface area (Å²) in [6.07, 6.45) is 1.69. The summed E-state index contributed by atoms with van der Waals surface area (Å²) in [6, 6.07) is 19.9. The highest BCUT2D eigenvalue weighted by molar-refractivity contribution is 8.26. The predicted molar refractivity (Wildman–Crippen MR) is 126 cm³/mol. The molecule has 3 aromatic rings. The van der Waals surface area contributed by atoms with Crippen molar-refractivity contribution in [2.75, 3.05) is 5.43 Å². The van der Waals surface area contributed by atoms with Crippen LogP contribution in [0, 0.1) is 6.92 Å². The highest BCUT2D eigenvalue weighted by Gasteiger charge is 2.33. The molecular weight excluding hydrogens is 430 g/mol. The molecule has 0 atom stereocenters. The molecule has 1 saturated heterocycles. The van der Waals surface area contributed by atoms with Gasteiger partial charge in [-0.05, 0) is 55.0 Å². The van der Waals surface area contributed by atoms with Gasteiger partial charge in [0.2, 0.25) is 0 Å². The van der Waals surface area contributed by atoms with E-state index in [1.165, 1.54) is 11.1 Å². The standard InChI is InChI=1S/C23H17N3O3S2/c1-14-7-2-3-9-16(14)18-12-6-8-15(24-18)13-20-21(27)26(23(30)31-20)25-19-11-5-4-10-17(19)22(28)29/h2-13,25H,1H3,(H,28,29)/b20-13+. The highest BCUT2D eigenvalue weighted by Crippen LogP contribution is 2.33. The van der Waals surface area contributed by atoms with Crippen LogP contribution in [0.25, 0.3) is 17.3 Å². The minimum absolute atomic E-state index is 0.0492. The van der Waals surface area contributed by atoms with Crippen LogP contribution in [0.4, 0.5) is 5.69 Å². The lowest BCUT2D eigenvalue weighted by Gasteiger charge is -2.18. The minimum atomic E-state index is -1.10. The number of carboxylic acids is 1. The summed E-state index contributed by atoms with van der Waals surface area (Å²) >= 11 is 6.47. The number of carbonyl (C=O) groups is 2. The summed E-state index contributed by atoms with van der Waals surface area (Å²) in [5.74, 6) is -1.46. The first kappa shape index (κ1) is 20.8. The SMILES string of the molecule is Cc1ccccc1-c1cccc(/C=C2/SC(=S)N(Nc3ccccc3C(=O)O)C2=O)n1. The van der Waals surface area contributed by atoms with Crippen LogP contribution in [0.2, 0.25) is 0 Å². The number of thioether (sulfide) groups is 1. The molecule has 0 unspecified atom stereocenters. The van der Waals surface area contributed by atoms with Crippen molar-refractivity contribution in [2.24, 2.45) is 0 Å². The zero-order valence-corrected chi connectivity index (χ0v) is 18.0. The molecule has 154 valence electrons. The molecule has 0 radical (unpaired) electrons. The number of para-hydroxylation sites is 1. The molecular formula is C23H17N3O3S2. The quantitative estimate of drug-likeness (QED) is 0.421. The average Bonchev–Trinajstić information content (AvgIpc) is 3.02. The Morgan fingerprint density at radius 1 is 1.10 bits per heavy atom. The molecule has 31 heavy (non-hydrogen) atoms. The van der Waals surface area contributed by atoms with Crippen LogP contribution in [0.3, 0.4) is 0 Å². The molecule has 1 amide bonds. The number of thiocarbonyl (C=S) groups is 1. The fourth-order valence-electron chi connectivity index (χ4n) is 3.13. The molecule has 2 N–H and O–H groups in total. The molecule has 4 rings (SSSR count). The van der Waals surface area contributed by atoms with Crippen molar-refractivity contribution in [1.29, 1.82) is 0 Å². The number of nitrogens with zero attached hydrogens (tertiary/aromatic N) is 2. The smallest absolute Gasteiger partial charge is 0.337 e. The first-order valence-corrected chi connectivity index (χ1v) is 10.6. The Balaban J connectivity index is 1.60. The fourth-order valence-corrected chi connectivity index (χ4v) is 4.29. The number of hydrogen-bond acceptors (Lipinski definition) is 6. The first-order valence-electron chi connectivity index (χ1n) is 9.34. The van der Waals surface area contributed by atoms with Gasteiger partial charge in [0.1, 0.15) is 0 Å². The molecule has 1 aromatic heterocycles. The molecule has 6 nitrogen and oxygen atoms in total. The highest BCUT2D eigenvalue weighted by atomic mass is 32.2. The summed E-state index contributed by atoms with van der Waals surface area (Å²) in [4.78, 5) is 29.4. The van der Waals surface area contributed by atoms with E-state index in [9.17, 15) is 14.7 Å². The van der Waals surface area contributed by atoms with Gasteiger partial charge in [0.25, 0.3) is 5.91 Å². The van der Waals surface area contributed by atoms with E-state index in [1.54, 1.807) is 24.3 Å². The summed E-state index contributed by atoms with van der Waals surface area (Å²) in [7, 11) is 0. The van der Waals surface area contributed by atoms with Gasteiger partial charge < -0.3 is 5.11 Å². The second-order valence-corrected chi connectivity index (χ2v) is 8.42. The van der Waals surface area contributed by atoms with Crippen molar-refractivity contribution in [3.8, 4) is 11.3 Å². The monoisotopic (exact) mass is 447 g/mol. The van der Waals surface area contributed by atoms with E-state index in [1.807, 2.05) is 49.4 Å². The second kappa shape index (κ2) is 8.71. The van der Waals surface area contributed by atoms with E-state index in [0.717, 1.165) is 28.6 Å². The van der Waals surface area contributed by atoms with Gasteiger partial charge in [-0.15, -0.1) is 0 Å². The van der Waals surface area contributed by atoms with E-state index in [-0.39, 0.29) is 21.5 Å². The number of aromatic nitrogens is 1. The Morgan fingerprint density at radius 3 is 2.61 bits per heavy atom. The number of amides is 1. The Labute approximate surface area is 188 Å². The lowest BCUT2D eigenvalue weighted by Crippen LogP contribution is -2.34. The molecule has 8 heteroatoms. The third kappa shape index (κ3) is 4.35. The molecule has 0 saturated carbocycles. The normalized spacial score (nSPS) is 14.9. The van der Waals surface area contributed by atoms with Crippen LogP contribution in [-0.2, 0) is 4.79 Å². The average molecular weight is 448 g/mol. The second-order valence-electron chi connectivity index (χ2n) is 6.74. The van der Waals surface area contributed by atoms with Gasteiger partial charge in [-0.3, -0.25) is 10.2 Å². The maximum Gasteiger partial charge on any atom is 0.337 e.